The maximum Gasteiger partial charge on any atom is 0.379 e. The van der Waals surface area contributed by atoms with Gasteiger partial charge in [0.25, 0.3) is 0 Å². The van der Waals surface area contributed by atoms with Crippen LogP contribution in [0.25, 0.3) is 0 Å². The highest BCUT2D eigenvalue weighted by Gasteiger charge is 2.42. The van der Waals surface area contributed by atoms with Gasteiger partial charge in [-0.2, -0.15) is 8.78 Å². The molecule has 1 aromatic rings. The molecule has 88 valence electrons. The van der Waals surface area contributed by atoms with E-state index in [9.17, 15) is 13.6 Å². The number of carbonyl (C=O) groups is 1. The highest BCUT2D eigenvalue weighted by Crippen LogP contribution is 2.36. The van der Waals surface area contributed by atoms with Crippen LogP contribution in [0.15, 0.2) is 12.1 Å². The molecule has 0 unspecified atom stereocenters. The first-order valence-electron chi connectivity index (χ1n) is 4.26. The van der Waals surface area contributed by atoms with E-state index in [1.54, 1.807) is 0 Å². The third kappa shape index (κ3) is 2.09. The average molecular weight is 251 g/mol. The molecule has 0 amide bonds. The number of alkyl halides is 2. The molecule has 0 aliphatic rings. The summed E-state index contributed by atoms with van der Waals surface area (Å²) < 4.78 is 31.3. The van der Waals surface area contributed by atoms with Gasteiger partial charge in [-0.1, -0.05) is 11.6 Å². The number of methoxy groups -OCH3 is 1. The standard InChI is InChI=1S/C10H9ClF2O3/c1-5-3-8(16-2)7(11)4-6(5)10(12,13)9(14)15/h3-4H,1-2H3,(H,14,15). The summed E-state index contributed by atoms with van der Waals surface area (Å²) in [6.07, 6.45) is 0. The number of aryl methyl sites for hydroxylation is 1. The molecule has 0 heterocycles. The average Bonchev–Trinajstić information content (AvgIpc) is 2.20. The minimum absolute atomic E-state index is 0.0518. The zero-order valence-corrected chi connectivity index (χ0v) is 9.31. The van der Waals surface area contributed by atoms with Crippen LogP contribution in [0.4, 0.5) is 8.78 Å². The van der Waals surface area contributed by atoms with Crippen LogP contribution < -0.4 is 4.74 Å². The maximum absolute atomic E-state index is 13.3. The molecule has 0 saturated heterocycles. The van der Waals surface area contributed by atoms with Crippen LogP contribution in [0.2, 0.25) is 5.02 Å². The molecular formula is C10H9ClF2O3. The van der Waals surface area contributed by atoms with E-state index in [2.05, 4.69) is 0 Å². The summed E-state index contributed by atoms with van der Waals surface area (Å²) in [5, 5.41) is 8.36. The Morgan fingerprint density at radius 1 is 1.50 bits per heavy atom. The van der Waals surface area contributed by atoms with Crippen LogP contribution in [0.1, 0.15) is 11.1 Å². The lowest BCUT2D eigenvalue weighted by atomic mass is 10.0. The molecule has 0 aliphatic heterocycles. The predicted octanol–water partition coefficient (Wildman–Crippen LogP) is 2.83. The minimum atomic E-state index is -3.96. The van der Waals surface area contributed by atoms with Gasteiger partial charge in [-0.15, -0.1) is 0 Å². The lowest BCUT2D eigenvalue weighted by molar-refractivity contribution is -0.166. The van der Waals surface area contributed by atoms with Gasteiger partial charge in [0, 0.05) is 5.56 Å². The van der Waals surface area contributed by atoms with Gasteiger partial charge >= 0.3 is 11.9 Å². The number of benzene rings is 1. The van der Waals surface area contributed by atoms with Crippen LogP contribution >= 0.6 is 11.6 Å². The first-order valence-corrected chi connectivity index (χ1v) is 4.64. The maximum atomic E-state index is 13.3. The fourth-order valence-corrected chi connectivity index (χ4v) is 1.51. The summed E-state index contributed by atoms with van der Waals surface area (Å²) in [6.45, 7) is 1.37. The summed E-state index contributed by atoms with van der Waals surface area (Å²) >= 11 is 5.66. The summed E-state index contributed by atoms with van der Waals surface area (Å²) in [5.41, 5.74) is -0.528. The third-order valence-corrected chi connectivity index (χ3v) is 2.40. The Morgan fingerprint density at radius 2 is 2.06 bits per heavy atom. The van der Waals surface area contributed by atoms with E-state index in [-0.39, 0.29) is 16.3 Å². The van der Waals surface area contributed by atoms with Crippen molar-refractivity contribution >= 4 is 17.6 Å². The van der Waals surface area contributed by atoms with Gasteiger partial charge in [-0.05, 0) is 24.6 Å². The number of ether oxygens (including phenoxy) is 1. The minimum Gasteiger partial charge on any atom is -0.495 e. The molecule has 0 atom stereocenters. The van der Waals surface area contributed by atoms with Crippen LogP contribution in [0, 0.1) is 6.92 Å². The zero-order valence-electron chi connectivity index (χ0n) is 8.55. The lowest BCUT2D eigenvalue weighted by Gasteiger charge is -2.15. The fraction of sp³-hybridized carbons (Fsp3) is 0.300. The molecule has 0 spiro atoms. The number of carboxylic acids is 1. The molecule has 16 heavy (non-hydrogen) atoms. The molecule has 3 nitrogen and oxygen atoms in total. The first-order chi connectivity index (χ1) is 7.30. The summed E-state index contributed by atoms with van der Waals surface area (Å²) in [7, 11) is 1.34. The molecule has 0 fully saturated rings. The van der Waals surface area contributed by atoms with Gasteiger partial charge in [0.15, 0.2) is 0 Å². The molecular weight excluding hydrogens is 242 g/mol. The fourth-order valence-electron chi connectivity index (χ4n) is 1.26. The molecule has 1 N–H and O–H groups in total. The Balaban J connectivity index is 3.37. The normalized spacial score (nSPS) is 11.3. The Labute approximate surface area is 95.6 Å². The van der Waals surface area contributed by atoms with Crippen molar-refractivity contribution in [2.24, 2.45) is 0 Å². The Morgan fingerprint density at radius 3 is 2.50 bits per heavy atom. The molecule has 1 aromatic carbocycles. The largest absolute Gasteiger partial charge is 0.495 e. The van der Waals surface area contributed by atoms with Crippen molar-refractivity contribution in [3.05, 3.63) is 28.3 Å². The van der Waals surface area contributed by atoms with Gasteiger partial charge in [0.1, 0.15) is 5.75 Å². The molecule has 0 aliphatic carbocycles. The molecule has 0 radical (unpaired) electrons. The van der Waals surface area contributed by atoms with E-state index < -0.39 is 17.5 Å². The molecule has 0 bridgehead atoms. The van der Waals surface area contributed by atoms with Gasteiger partial charge < -0.3 is 9.84 Å². The SMILES string of the molecule is COc1cc(C)c(C(F)(F)C(=O)O)cc1Cl. The van der Waals surface area contributed by atoms with Crippen molar-refractivity contribution in [3.8, 4) is 5.75 Å². The van der Waals surface area contributed by atoms with E-state index in [1.165, 1.54) is 20.1 Å². The van der Waals surface area contributed by atoms with Crippen LogP contribution in [0.5, 0.6) is 5.75 Å². The zero-order chi connectivity index (χ0) is 12.5. The number of hydrogen-bond donors (Lipinski definition) is 1. The van der Waals surface area contributed by atoms with Gasteiger partial charge in [0.05, 0.1) is 12.1 Å². The van der Waals surface area contributed by atoms with Crippen molar-refractivity contribution < 1.29 is 23.4 Å². The highest BCUT2D eigenvalue weighted by atomic mass is 35.5. The van der Waals surface area contributed by atoms with Gasteiger partial charge in [0.2, 0.25) is 0 Å². The highest BCUT2D eigenvalue weighted by molar-refractivity contribution is 6.32. The van der Waals surface area contributed by atoms with E-state index in [4.69, 9.17) is 21.4 Å². The molecule has 1 rings (SSSR count). The number of carboxylic acid groups (broad SMARTS) is 1. The number of rotatable bonds is 3. The van der Waals surface area contributed by atoms with E-state index in [0.29, 0.717) is 0 Å². The molecule has 0 saturated carbocycles. The first kappa shape index (κ1) is 12.7. The van der Waals surface area contributed by atoms with Crippen molar-refractivity contribution in [1.82, 2.24) is 0 Å². The van der Waals surface area contributed by atoms with Gasteiger partial charge in [-0.3, -0.25) is 0 Å². The Bertz CT molecular complexity index is 432. The Hall–Kier alpha value is -1.36. The topological polar surface area (TPSA) is 46.5 Å². The molecule has 6 heteroatoms. The Kier molecular flexibility index (Phi) is 3.38. The lowest BCUT2D eigenvalue weighted by Crippen LogP contribution is -2.26. The van der Waals surface area contributed by atoms with Crippen molar-refractivity contribution in [3.63, 3.8) is 0 Å². The van der Waals surface area contributed by atoms with Crippen LogP contribution in [-0.4, -0.2) is 18.2 Å². The van der Waals surface area contributed by atoms with Crippen molar-refractivity contribution in [1.29, 1.82) is 0 Å². The molecule has 0 aromatic heterocycles. The van der Waals surface area contributed by atoms with Crippen molar-refractivity contribution in [2.75, 3.05) is 7.11 Å². The third-order valence-electron chi connectivity index (χ3n) is 2.11. The second-order valence-corrected chi connectivity index (χ2v) is 3.59. The number of halogens is 3. The van der Waals surface area contributed by atoms with E-state index in [0.717, 1.165) is 6.07 Å². The predicted molar refractivity (Wildman–Crippen MR) is 54.3 cm³/mol. The monoisotopic (exact) mass is 250 g/mol. The van der Waals surface area contributed by atoms with Crippen LogP contribution in [-0.2, 0) is 10.7 Å². The number of aliphatic carboxylic acids is 1. The second kappa shape index (κ2) is 4.25. The number of hydrogen-bond acceptors (Lipinski definition) is 2. The van der Waals surface area contributed by atoms with Crippen LogP contribution in [0.3, 0.4) is 0 Å². The summed E-state index contributed by atoms with van der Waals surface area (Å²) in [6, 6.07) is 2.18. The van der Waals surface area contributed by atoms with Crippen molar-refractivity contribution in [2.45, 2.75) is 12.8 Å². The summed E-state index contributed by atoms with van der Waals surface area (Å²) in [4.78, 5) is 10.4. The van der Waals surface area contributed by atoms with E-state index >= 15 is 0 Å². The summed E-state index contributed by atoms with van der Waals surface area (Å²) in [5.74, 6) is -5.94. The second-order valence-electron chi connectivity index (χ2n) is 3.18. The quantitative estimate of drug-likeness (QED) is 0.897. The van der Waals surface area contributed by atoms with Gasteiger partial charge in [-0.25, -0.2) is 4.79 Å². The smallest absolute Gasteiger partial charge is 0.379 e. The van der Waals surface area contributed by atoms with E-state index in [1.807, 2.05) is 0 Å².